The lowest BCUT2D eigenvalue weighted by molar-refractivity contribution is -0.138. The van der Waals surface area contributed by atoms with Gasteiger partial charge >= 0.3 is 0 Å². The van der Waals surface area contributed by atoms with E-state index < -0.39 is 0 Å². The summed E-state index contributed by atoms with van der Waals surface area (Å²) in [5, 5.41) is 3.36. The van der Waals surface area contributed by atoms with Crippen LogP contribution in [-0.2, 0) is 22.5 Å². The third kappa shape index (κ3) is 3.76. The van der Waals surface area contributed by atoms with Crippen molar-refractivity contribution < 1.29 is 9.53 Å². The second-order valence-corrected chi connectivity index (χ2v) is 7.96. The van der Waals surface area contributed by atoms with Gasteiger partial charge in [-0.05, 0) is 38.5 Å². The maximum Gasteiger partial charge on any atom is 0.225 e. The molecule has 0 aromatic carbocycles. The fourth-order valence-electron chi connectivity index (χ4n) is 4.64. The Kier molecular flexibility index (Phi) is 5.50. The van der Waals surface area contributed by atoms with E-state index in [4.69, 9.17) is 9.72 Å². The number of hydrogen-bond acceptors (Lipinski definition) is 5. The Labute approximate surface area is 155 Å². The molecule has 1 aromatic rings. The van der Waals surface area contributed by atoms with Crippen molar-refractivity contribution in [2.75, 3.05) is 26.7 Å². The molecule has 3 aliphatic rings. The number of nitrogens with zero attached hydrogens (tertiary/aromatic N) is 3. The van der Waals surface area contributed by atoms with E-state index in [1.807, 2.05) is 6.20 Å². The lowest BCUT2D eigenvalue weighted by atomic mass is 9.85. The summed E-state index contributed by atoms with van der Waals surface area (Å²) in [5.74, 6) is 1.73. The zero-order valence-corrected chi connectivity index (χ0v) is 15.7. The molecule has 1 amide bonds. The summed E-state index contributed by atoms with van der Waals surface area (Å²) < 4.78 is 5.44. The van der Waals surface area contributed by atoms with Gasteiger partial charge in [-0.25, -0.2) is 9.97 Å². The van der Waals surface area contributed by atoms with Gasteiger partial charge in [0, 0.05) is 69.0 Å². The first-order chi connectivity index (χ1) is 12.7. The highest BCUT2D eigenvalue weighted by Gasteiger charge is 2.33. The SMILES string of the molecule is COC1CCC(C(=O)N2CCC[C@H](c3ncc4c(n3)CCNC4)C2)CC1. The van der Waals surface area contributed by atoms with Gasteiger partial charge < -0.3 is 15.0 Å². The molecule has 3 heterocycles. The van der Waals surface area contributed by atoms with Crippen LogP contribution in [0.3, 0.4) is 0 Å². The van der Waals surface area contributed by atoms with E-state index in [1.54, 1.807) is 7.11 Å². The summed E-state index contributed by atoms with van der Waals surface area (Å²) in [5.41, 5.74) is 2.41. The molecule has 1 aliphatic carbocycles. The molecule has 4 rings (SSSR count). The average Bonchev–Trinajstić information content (AvgIpc) is 2.73. The highest BCUT2D eigenvalue weighted by molar-refractivity contribution is 5.79. The molecule has 0 bridgehead atoms. The number of methoxy groups -OCH3 is 1. The third-order valence-corrected chi connectivity index (χ3v) is 6.28. The van der Waals surface area contributed by atoms with Gasteiger partial charge in [-0.15, -0.1) is 0 Å². The highest BCUT2D eigenvalue weighted by Crippen LogP contribution is 2.31. The first-order valence-corrected chi connectivity index (χ1v) is 10.1. The summed E-state index contributed by atoms with van der Waals surface area (Å²) in [7, 11) is 1.77. The Morgan fingerprint density at radius 3 is 2.92 bits per heavy atom. The number of amides is 1. The molecule has 6 nitrogen and oxygen atoms in total. The monoisotopic (exact) mass is 358 g/mol. The summed E-state index contributed by atoms with van der Waals surface area (Å²) in [6, 6.07) is 0. The van der Waals surface area contributed by atoms with Crippen LogP contribution < -0.4 is 5.32 Å². The van der Waals surface area contributed by atoms with Gasteiger partial charge in [0.2, 0.25) is 5.91 Å². The van der Waals surface area contributed by atoms with E-state index in [2.05, 4.69) is 15.2 Å². The van der Waals surface area contributed by atoms with Crippen LogP contribution in [0.25, 0.3) is 0 Å². The number of carbonyl (C=O) groups excluding carboxylic acids is 1. The van der Waals surface area contributed by atoms with Crippen molar-refractivity contribution in [1.82, 2.24) is 20.2 Å². The third-order valence-electron chi connectivity index (χ3n) is 6.28. The van der Waals surface area contributed by atoms with Crippen molar-refractivity contribution in [3.8, 4) is 0 Å². The fourth-order valence-corrected chi connectivity index (χ4v) is 4.64. The van der Waals surface area contributed by atoms with Gasteiger partial charge in [-0.1, -0.05) is 0 Å². The van der Waals surface area contributed by atoms with Crippen LogP contribution in [0, 0.1) is 5.92 Å². The molecule has 142 valence electrons. The molecule has 26 heavy (non-hydrogen) atoms. The zero-order valence-electron chi connectivity index (χ0n) is 15.7. The number of aromatic nitrogens is 2. The zero-order chi connectivity index (χ0) is 17.9. The molecule has 0 radical (unpaired) electrons. The Bertz CT molecular complexity index is 643. The number of rotatable bonds is 3. The van der Waals surface area contributed by atoms with Crippen LogP contribution in [0.15, 0.2) is 6.20 Å². The number of piperidine rings is 1. The minimum atomic E-state index is 0.177. The first-order valence-electron chi connectivity index (χ1n) is 10.1. The number of hydrogen-bond donors (Lipinski definition) is 1. The smallest absolute Gasteiger partial charge is 0.225 e. The lowest BCUT2D eigenvalue weighted by Gasteiger charge is -2.36. The molecule has 6 heteroatoms. The van der Waals surface area contributed by atoms with Crippen molar-refractivity contribution in [1.29, 1.82) is 0 Å². The predicted octanol–water partition coefficient (Wildman–Crippen LogP) is 2.03. The summed E-state index contributed by atoms with van der Waals surface area (Å²) in [6.07, 6.45) is 9.36. The molecule has 1 N–H and O–H groups in total. The first kappa shape index (κ1) is 17.9. The van der Waals surface area contributed by atoms with E-state index in [1.165, 1.54) is 11.3 Å². The second kappa shape index (κ2) is 8.01. The van der Waals surface area contributed by atoms with E-state index in [-0.39, 0.29) is 11.8 Å². The number of carbonyl (C=O) groups is 1. The Morgan fingerprint density at radius 2 is 2.12 bits per heavy atom. The largest absolute Gasteiger partial charge is 0.381 e. The molecule has 1 atom stereocenters. The summed E-state index contributed by atoms with van der Waals surface area (Å²) >= 11 is 0. The van der Waals surface area contributed by atoms with E-state index in [0.29, 0.717) is 12.0 Å². The second-order valence-electron chi connectivity index (χ2n) is 7.96. The van der Waals surface area contributed by atoms with Crippen LogP contribution in [0.5, 0.6) is 0 Å². The van der Waals surface area contributed by atoms with Crippen LogP contribution in [0.4, 0.5) is 0 Å². The predicted molar refractivity (Wildman–Crippen MR) is 98.8 cm³/mol. The van der Waals surface area contributed by atoms with Crippen LogP contribution in [-0.4, -0.2) is 53.6 Å². The number of likely N-dealkylation sites (tertiary alicyclic amines) is 1. The van der Waals surface area contributed by atoms with Crippen LogP contribution >= 0.6 is 0 Å². The number of nitrogens with one attached hydrogen (secondary N) is 1. The number of ether oxygens (including phenoxy) is 1. The maximum atomic E-state index is 13.0. The standard InChI is InChI=1S/C20H30N4O2/c1-26-17-6-4-14(5-7-17)20(25)24-10-2-3-15(13-24)19-22-12-16-11-21-9-8-18(16)23-19/h12,14-15,17,21H,2-11,13H2,1H3/t14?,15-,17?/m0/s1. The Balaban J connectivity index is 1.40. The maximum absolute atomic E-state index is 13.0. The molecule has 1 saturated heterocycles. The molecular weight excluding hydrogens is 328 g/mol. The van der Waals surface area contributed by atoms with Crippen molar-refractivity contribution in [3.05, 3.63) is 23.3 Å². The van der Waals surface area contributed by atoms with Crippen molar-refractivity contribution in [2.24, 2.45) is 5.92 Å². The Morgan fingerprint density at radius 1 is 1.27 bits per heavy atom. The van der Waals surface area contributed by atoms with E-state index in [0.717, 1.165) is 76.9 Å². The van der Waals surface area contributed by atoms with Gasteiger partial charge in [0.15, 0.2) is 0 Å². The number of fused-ring (bicyclic) bond motifs is 1. The van der Waals surface area contributed by atoms with E-state index in [9.17, 15) is 4.79 Å². The quantitative estimate of drug-likeness (QED) is 0.895. The van der Waals surface area contributed by atoms with Crippen molar-refractivity contribution in [3.63, 3.8) is 0 Å². The molecular formula is C20H30N4O2. The molecule has 1 aromatic heterocycles. The lowest BCUT2D eigenvalue weighted by Crippen LogP contribution is -2.44. The topological polar surface area (TPSA) is 67.3 Å². The molecule has 0 spiro atoms. The summed E-state index contributed by atoms with van der Waals surface area (Å²) in [4.78, 5) is 24.6. The fraction of sp³-hybridized carbons (Fsp3) is 0.750. The Hall–Kier alpha value is -1.53. The minimum Gasteiger partial charge on any atom is -0.381 e. The normalized spacial score (nSPS) is 29.3. The van der Waals surface area contributed by atoms with Crippen LogP contribution in [0.1, 0.15) is 61.5 Å². The summed E-state index contributed by atoms with van der Waals surface area (Å²) in [6.45, 7) is 3.52. The van der Waals surface area contributed by atoms with Crippen molar-refractivity contribution in [2.45, 2.75) is 63.5 Å². The highest BCUT2D eigenvalue weighted by atomic mass is 16.5. The average molecular weight is 358 g/mol. The van der Waals surface area contributed by atoms with Gasteiger partial charge in [0.25, 0.3) is 0 Å². The van der Waals surface area contributed by atoms with Crippen molar-refractivity contribution >= 4 is 5.91 Å². The van der Waals surface area contributed by atoms with Gasteiger partial charge in [0.05, 0.1) is 6.10 Å². The van der Waals surface area contributed by atoms with Gasteiger partial charge in [-0.2, -0.15) is 0 Å². The van der Waals surface area contributed by atoms with Crippen LogP contribution in [0.2, 0.25) is 0 Å². The van der Waals surface area contributed by atoms with E-state index >= 15 is 0 Å². The molecule has 2 aliphatic heterocycles. The molecule has 1 saturated carbocycles. The minimum absolute atomic E-state index is 0.177. The molecule has 2 fully saturated rings. The van der Waals surface area contributed by atoms with Gasteiger partial charge in [-0.3, -0.25) is 4.79 Å². The molecule has 0 unspecified atom stereocenters. The van der Waals surface area contributed by atoms with Gasteiger partial charge in [0.1, 0.15) is 5.82 Å².